The van der Waals surface area contributed by atoms with Gasteiger partial charge in [-0.3, -0.25) is 4.68 Å². The number of aromatic nitrogens is 6. The highest BCUT2D eigenvalue weighted by Gasteiger charge is 2.06. The molecular formula is C13H12N8O. The van der Waals surface area contributed by atoms with Crippen LogP contribution in [0.4, 0.5) is 5.69 Å². The molecule has 0 bridgehead atoms. The fraction of sp³-hybridized carbons (Fsp3) is 0.154. The molecule has 3 rings (SSSR count). The third-order valence-electron chi connectivity index (χ3n) is 2.97. The smallest absolute Gasteiger partial charge is 0.216 e. The van der Waals surface area contributed by atoms with E-state index in [0.717, 1.165) is 16.6 Å². The molecular weight excluding hydrogens is 284 g/mol. The second-order valence-electron chi connectivity index (χ2n) is 4.44. The van der Waals surface area contributed by atoms with E-state index in [1.165, 1.54) is 6.20 Å². The standard InChI is InChI=1S/C13H12N8O/c14-6-10(13-16-19-20-17-13)7-15-11-1-2-12-9(5-11)8-21(18-12)3-4-22/h1-2,5,7-8,15,22H,3-4H2,(H,16,17,19,20). The molecule has 0 radical (unpaired) electrons. The summed E-state index contributed by atoms with van der Waals surface area (Å²) in [5.41, 5.74) is 1.90. The molecule has 0 atom stereocenters. The van der Waals surface area contributed by atoms with E-state index < -0.39 is 0 Å². The van der Waals surface area contributed by atoms with Crippen LogP contribution in [0.25, 0.3) is 16.5 Å². The highest BCUT2D eigenvalue weighted by Crippen LogP contribution is 2.18. The van der Waals surface area contributed by atoms with Crippen LogP contribution in [-0.2, 0) is 6.54 Å². The van der Waals surface area contributed by atoms with Gasteiger partial charge < -0.3 is 10.4 Å². The second-order valence-corrected chi connectivity index (χ2v) is 4.44. The Morgan fingerprint density at radius 2 is 2.41 bits per heavy atom. The molecule has 110 valence electrons. The number of anilines is 1. The molecule has 22 heavy (non-hydrogen) atoms. The van der Waals surface area contributed by atoms with Crippen molar-refractivity contribution >= 4 is 22.2 Å². The molecule has 0 aliphatic carbocycles. The first-order valence-electron chi connectivity index (χ1n) is 6.49. The van der Waals surface area contributed by atoms with Crippen molar-refractivity contribution in [3.63, 3.8) is 0 Å². The van der Waals surface area contributed by atoms with Crippen molar-refractivity contribution in [1.29, 1.82) is 5.26 Å². The van der Waals surface area contributed by atoms with Crippen LogP contribution in [-0.4, -0.2) is 42.1 Å². The number of aromatic amines is 1. The van der Waals surface area contributed by atoms with Crippen LogP contribution < -0.4 is 5.32 Å². The van der Waals surface area contributed by atoms with Gasteiger partial charge in [-0.2, -0.15) is 15.6 Å². The molecule has 0 saturated heterocycles. The van der Waals surface area contributed by atoms with Crippen LogP contribution >= 0.6 is 0 Å². The zero-order valence-electron chi connectivity index (χ0n) is 11.4. The Labute approximate surface area is 124 Å². The Balaban J connectivity index is 1.83. The minimum atomic E-state index is 0.0397. The Kier molecular flexibility index (Phi) is 3.76. The van der Waals surface area contributed by atoms with E-state index >= 15 is 0 Å². The normalized spacial score (nSPS) is 11.5. The molecule has 0 spiro atoms. The second kappa shape index (κ2) is 6.02. The Morgan fingerprint density at radius 3 is 3.14 bits per heavy atom. The predicted molar refractivity (Wildman–Crippen MR) is 78.2 cm³/mol. The lowest BCUT2D eigenvalue weighted by Crippen LogP contribution is -2.01. The summed E-state index contributed by atoms with van der Waals surface area (Å²) >= 11 is 0. The van der Waals surface area contributed by atoms with Gasteiger partial charge in [0.2, 0.25) is 5.82 Å². The van der Waals surface area contributed by atoms with Crippen LogP contribution in [0.3, 0.4) is 0 Å². The van der Waals surface area contributed by atoms with Gasteiger partial charge in [-0.15, -0.1) is 10.2 Å². The van der Waals surface area contributed by atoms with Crippen molar-refractivity contribution in [3.8, 4) is 6.07 Å². The van der Waals surface area contributed by atoms with Crippen LogP contribution in [0.2, 0.25) is 0 Å². The van der Waals surface area contributed by atoms with Crippen LogP contribution in [0.5, 0.6) is 0 Å². The average molecular weight is 296 g/mol. The highest BCUT2D eigenvalue weighted by molar-refractivity contribution is 5.83. The number of benzene rings is 1. The molecule has 2 aromatic heterocycles. The van der Waals surface area contributed by atoms with Crippen LogP contribution in [0, 0.1) is 11.3 Å². The summed E-state index contributed by atoms with van der Waals surface area (Å²) in [5, 5.41) is 39.5. The van der Waals surface area contributed by atoms with Crippen LogP contribution in [0.15, 0.2) is 30.6 Å². The molecule has 0 unspecified atom stereocenters. The predicted octanol–water partition coefficient (Wildman–Crippen LogP) is 0.518. The van der Waals surface area contributed by atoms with Crippen molar-refractivity contribution in [3.05, 3.63) is 36.4 Å². The summed E-state index contributed by atoms with van der Waals surface area (Å²) in [5.74, 6) is 0.229. The molecule has 9 heteroatoms. The molecule has 1 aromatic carbocycles. The van der Waals surface area contributed by atoms with Gasteiger partial charge in [-0.1, -0.05) is 0 Å². The number of allylic oxidation sites excluding steroid dienone is 1. The number of H-pyrrole nitrogens is 1. The number of nitrogens with one attached hydrogen (secondary N) is 2. The van der Waals surface area contributed by atoms with Gasteiger partial charge >= 0.3 is 0 Å². The maximum absolute atomic E-state index is 9.09. The minimum absolute atomic E-state index is 0.0397. The van der Waals surface area contributed by atoms with E-state index in [1.54, 1.807) is 4.68 Å². The summed E-state index contributed by atoms with van der Waals surface area (Å²) in [6.45, 7) is 0.492. The fourth-order valence-corrected chi connectivity index (χ4v) is 1.96. The monoisotopic (exact) mass is 296 g/mol. The van der Waals surface area contributed by atoms with Gasteiger partial charge in [0, 0.05) is 23.5 Å². The van der Waals surface area contributed by atoms with Gasteiger partial charge in [0.25, 0.3) is 0 Å². The first-order valence-corrected chi connectivity index (χ1v) is 6.49. The molecule has 0 fully saturated rings. The molecule has 0 aliphatic heterocycles. The molecule has 3 N–H and O–H groups in total. The summed E-state index contributed by atoms with van der Waals surface area (Å²) in [6.07, 6.45) is 3.37. The third-order valence-corrected chi connectivity index (χ3v) is 2.97. The SMILES string of the molecule is N#CC(=CNc1ccc2nn(CCO)cc2c1)c1nn[nH]n1. The summed E-state index contributed by atoms with van der Waals surface area (Å²) < 4.78 is 1.68. The summed E-state index contributed by atoms with van der Waals surface area (Å²) in [7, 11) is 0. The number of nitriles is 1. The number of nitrogens with zero attached hydrogens (tertiary/aromatic N) is 6. The molecule has 3 aromatic rings. The van der Waals surface area contributed by atoms with E-state index in [-0.39, 0.29) is 18.0 Å². The number of rotatable bonds is 5. The van der Waals surface area contributed by atoms with Crippen molar-refractivity contribution in [2.75, 3.05) is 11.9 Å². The van der Waals surface area contributed by atoms with Crippen LogP contribution in [0.1, 0.15) is 5.82 Å². The van der Waals surface area contributed by atoms with Gasteiger partial charge in [0.15, 0.2) is 0 Å². The van der Waals surface area contributed by atoms with Crippen molar-refractivity contribution in [2.45, 2.75) is 6.54 Å². The number of hydrogen-bond acceptors (Lipinski definition) is 7. The largest absolute Gasteiger partial charge is 0.394 e. The Bertz CT molecular complexity index is 843. The lowest BCUT2D eigenvalue weighted by atomic mass is 10.2. The zero-order chi connectivity index (χ0) is 15.4. The molecule has 0 amide bonds. The van der Waals surface area contributed by atoms with Crippen molar-refractivity contribution < 1.29 is 5.11 Å². The van der Waals surface area contributed by atoms with E-state index in [4.69, 9.17) is 10.4 Å². The zero-order valence-corrected chi connectivity index (χ0v) is 11.4. The highest BCUT2D eigenvalue weighted by atomic mass is 16.3. The van der Waals surface area contributed by atoms with E-state index in [9.17, 15) is 0 Å². The minimum Gasteiger partial charge on any atom is -0.394 e. The van der Waals surface area contributed by atoms with Crippen molar-refractivity contribution in [2.24, 2.45) is 0 Å². The maximum atomic E-state index is 9.09. The molecule has 0 aliphatic rings. The number of fused-ring (bicyclic) bond motifs is 1. The van der Waals surface area contributed by atoms with Gasteiger partial charge in [-0.25, -0.2) is 0 Å². The van der Waals surface area contributed by atoms with E-state index in [0.29, 0.717) is 6.54 Å². The van der Waals surface area contributed by atoms with E-state index in [1.807, 2.05) is 30.5 Å². The molecule has 2 heterocycles. The van der Waals surface area contributed by atoms with Crippen molar-refractivity contribution in [1.82, 2.24) is 30.4 Å². The number of hydrogen-bond donors (Lipinski definition) is 3. The number of aliphatic hydroxyl groups is 1. The lowest BCUT2D eigenvalue weighted by Gasteiger charge is -2.00. The summed E-state index contributed by atoms with van der Waals surface area (Å²) in [4.78, 5) is 0. The number of aliphatic hydroxyl groups excluding tert-OH is 1. The Morgan fingerprint density at radius 1 is 1.50 bits per heavy atom. The topological polar surface area (TPSA) is 128 Å². The van der Waals surface area contributed by atoms with Gasteiger partial charge in [-0.05, 0) is 23.4 Å². The maximum Gasteiger partial charge on any atom is 0.216 e. The van der Waals surface area contributed by atoms with Gasteiger partial charge in [0.05, 0.1) is 18.7 Å². The quantitative estimate of drug-likeness (QED) is 0.585. The molecule has 9 nitrogen and oxygen atoms in total. The first-order chi connectivity index (χ1) is 10.8. The number of tetrazole rings is 1. The van der Waals surface area contributed by atoms with E-state index in [2.05, 4.69) is 31.0 Å². The lowest BCUT2D eigenvalue weighted by molar-refractivity contribution is 0.270. The molecule has 0 saturated carbocycles. The van der Waals surface area contributed by atoms with Gasteiger partial charge in [0.1, 0.15) is 11.6 Å². The summed E-state index contributed by atoms with van der Waals surface area (Å²) in [6, 6.07) is 7.61. The Hall–Kier alpha value is -3.25. The average Bonchev–Trinajstić information content (AvgIpc) is 3.17. The fourth-order valence-electron chi connectivity index (χ4n) is 1.96. The third kappa shape index (κ3) is 2.77. The first kappa shape index (κ1) is 13.7.